The zero-order chi connectivity index (χ0) is 15.2. The molecular formula is C16H19F2N3. The van der Waals surface area contributed by atoms with Crippen LogP contribution in [0.2, 0.25) is 0 Å². The van der Waals surface area contributed by atoms with Crippen LogP contribution in [0, 0.1) is 11.6 Å². The van der Waals surface area contributed by atoms with Gasteiger partial charge in [-0.1, -0.05) is 19.8 Å². The van der Waals surface area contributed by atoms with Crippen LogP contribution >= 0.6 is 0 Å². The number of benzene rings is 1. The molecular weight excluding hydrogens is 272 g/mol. The number of nitrogens with two attached hydrogens (primary N) is 1. The molecule has 3 nitrogen and oxygen atoms in total. The lowest BCUT2D eigenvalue weighted by Gasteiger charge is -2.22. The maximum atomic E-state index is 13.5. The number of aromatic nitrogens is 2. The fraction of sp³-hybridized carbons (Fsp3) is 0.438. The summed E-state index contributed by atoms with van der Waals surface area (Å²) < 4.78 is 28.7. The van der Waals surface area contributed by atoms with Crippen molar-refractivity contribution in [1.82, 2.24) is 9.78 Å². The first-order valence-corrected chi connectivity index (χ1v) is 7.20. The summed E-state index contributed by atoms with van der Waals surface area (Å²) in [6, 6.07) is 3.50. The number of hydrogen-bond acceptors (Lipinski definition) is 2. The van der Waals surface area contributed by atoms with E-state index in [1.54, 1.807) is 11.7 Å². The van der Waals surface area contributed by atoms with Crippen molar-refractivity contribution in [3.05, 3.63) is 35.5 Å². The minimum atomic E-state index is -0.601. The normalized spacial score (nSPS) is 17.3. The Morgan fingerprint density at radius 2 is 1.71 bits per heavy atom. The molecule has 0 amide bonds. The number of rotatable bonds is 2. The van der Waals surface area contributed by atoms with Gasteiger partial charge in [-0.3, -0.25) is 4.68 Å². The molecule has 0 radical (unpaired) electrons. The van der Waals surface area contributed by atoms with E-state index in [0.29, 0.717) is 16.9 Å². The molecule has 0 bridgehead atoms. The van der Waals surface area contributed by atoms with E-state index in [0.717, 1.165) is 37.4 Å². The molecule has 0 spiro atoms. The van der Waals surface area contributed by atoms with Crippen LogP contribution in [0.25, 0.3) is 11.1 Å². The second kappa shape index (κ2) is 4.83. The van der Waals surface area contributed by atoms with Gasteiger partial charge in [-0.2, -0.15) is 5.10 Å². The Kier molecular flexibility index (Phi) is 3.23. The Morgan fingerprint density at radius 1 is 1.14 bits per heavy atom. The molecule has 1 aliphatic carbocycles. The van der Waals surface area contributed by atoms with Crippen molar-refractivity contribution in [1.29, 1.82) is 0 Å². The molecule has 112 valence electrons. The van der Waals surface area contributed by atoms with Crippen molar-refractivity contribution in [3.8, 4) is 11.1 Å². The zero-order valence-corrected chi connectivity index (χ0v) is 12.3. The number of aryl methyl sites for hydroxylation is 1. The quantitative estimate of drug-likeness (QED) is 0.915. The number of hydrogen-bond donors (Lipinski definition) is 1. The summed E-state index contributed by atoms with van der Waals surface area (Å²) in [5.74, 6) is -0.755. The van der Waals surface area contributed by atoms with E-state index in [4.69, 9.17) is 5.73 Å². The molecule has 1 aliphatic rings. The first kappa shape index (κ1) is 14.0. The predicted molar refractivity (Wildman–Crippen MR) is 78.8 cm³/mol. The standard InChI is InChI=1S/C16H19F2N3/c1-16(5-3-4-6-16)14-13(15(19)21(2)20-14)10-7-11(17)9-12(18)8-10/h7-9H,3-6,19H2,1-2H3. The summed E-state index contributed by atoms with van der Waals surface area (Å²) in [6.45, 7) is 2.15. The van der Waals surface area contributed by atoms with Crippen LogP contribution in [0.3, 0.4) is 0 Å². The molecule has 1 fully saturated rings. The molecule has 2 aromatic rings. The average molecular weight is 291 g/mol. The largest absolute Gasteiger partial charge is 0.383 e. The molecule has 21 heavy (non-hydrogen) atoms. The van der Waals surface area contributed by atoms with Gasteiger partial charge in [-0.15, -0.1) is 0 Å². The summed E-state index contributed by atoms with van der Waals surface area (Å²) in [5, 5.41) is 4.55. The molecule has 0 atom stereocenters. The van der Waals surface area contributed by atoms with Crippen LogP contribution in [-0.4, -0.2) is 9.78 Å². The Bertz CT molecular complexity index is 665. The van der Waals surface area contributed by atoms with Gasteiger partial charge in [0.15, 0.2) is 0 Å². The van der Waals surface area contributed by atoms with Gasteiger partial charge in [0, 0.05) is 24.1 Å². The molecule has 1 saturated carbocycles. The van der Waals surface area contributed by atoms with Crippen LogP contribution < -0.4 is 5.73 Å². The van der Waals surface area contributed by atoms with E-state index >= 15 is 0 Å². The number of nitrogen functional groups attached to an aromatic ring is 1. The first-order valence-electron chi connectivity index (χ1n) is 7.20. The predicted octanol–water partition coefficient (Wildman–Crippen LogP) is 3.78. The molecule has 0 aliphatic heterocycles. The second-order valence-corrected chi connectivity index (χ2v) is 6.16. The molecule has 2 N–H and O–H groups in total. The fourth-order valence-electron chi connectivity index (χ4n) is 3.33. The van der Waals surface area contributed by atoms with Crippen molar-refractivity contribution in [2.45, 2.75) is 38.0 Å². The van der Waals surface area contributed by atoms with Gasteiger partial charge in [-0.25, -0.2) is 8.78 Å². The van der Waals surface area contributed by atoms with Gasteiger partial charge < -0.3 is 5.73 Å². The third kappa shape index (κ3) is 2.30. The molecule has 0 saturated heterocycles. The minimum Gasteiger partial charge on any atom is -0.383 e. The fourth-order valence-corrected chi connectivity index (χ4v) is 3.33. The van der Waals surface area contributed by atoms with E-state index in [-0.39, 0.29) is 5.41 Å². The average Bonchev–Trinajstić information content (AvgIpc) is 2.95. The van der Waals surface area contributed by atoms with E-state index in [1.165, 1.54) is 12.1 Å². The molecule has 0 unspecified atom stereocenters. The van der Waals surface area contributed by atoms with Crippen molar-refractivity contribution < 1.29 is 8.78 Å². The van der Waals surface area contributed by atoms with Crippen LogP contribution in [-0.2, 0) is 12.5 Å². The van der Waals surface area contributed by atoms with Crippen molar-refractivity contribution in [2.24, 2.45) is 7.05 Å². The molecule has 1 aromatic carbocycles. The summed E-state index contributed by atoms with van der Waals surface area (Å²) >= 11 is 0. The number of nitrogens with zero attached hydrogens (tertiary/aromatic N) is 2. The van der Waals surface area contributed by atoms with Gasteiger partial charge in [0.25, 0.3) is 0 Å². The zero-order valence-electron chi connectivity index (χ0n) is 12.3. The third-order valence-electron chi connectivity index (χ3n) is 4.52. The summed E-state index contributed by atoms with van der Waals surface area (Å²) in [7, 11) is 1.76. The lowest BCUT2D eigenvalue weighted by molar-refractivity contribution is 0.469. The van der Waals surface area contributed by atoms with Crippen LogP contribution in [0.1, 0.15) is 38.3 Å². The van der Waals surface area contributed by atoms with E-state index in [2.05, 4.69) is 12.0 Å². The van der Waals surface area contributed by atoms with Crippen molar-refractivity contribution in [3.63, 3.8) is 0 Å². The van der Waals surface area contributed by atoms with E-state index in [1.807, 2.05) is 0 Å². The lowest BCUT2D eigenvalue weighted by Crippen LogP contribution is -2.19. The molecule has 3 rings (SSSR count). The van der Waals surface area contributed by atoms with Gasteiger partial charge >= 0.3 is 0 Å². The highest BCUT2D eigenvalue weighted by Gasteiger charge is 2.36. The van der Waals surface area contributed by atoms with Gasteiger partial charge in [-0.05, 0) is 30.5 Å². The number of halogens is 2. The number of anilines is 1. The summed E-state index contributed by atoms with van der Waals surface area (Å²) in [5.41, 5.74) is 8.02. The SMILES string of the molecule is Cn1nc(C2(C)CCCC2)c(-c2cc(F)cc(F)c2)c1N. The van der Waals surface area contributed by atoms with E-state index in [9.17, 15) is 8.78 Å². The topological polar surface area (TPSA) is 43.8 Å². The Balaban J connectivity index is 2.22. The molecule has 1 aromatic heterocycles. The molecule has 5 heteroatoms. The minimum absolute atomic E-state index is 0.0759. The van der Waals surface area contributed by atoms with Crippen LogP contribution in [0.4, 0.5) is 14.6 Å². The highest BCUT2D eigenvalue weighted by Crippen LogP contribution is 2.45. The third-order valence-corrected chi connectivity index (χ3v) is 4.52. The smallest absolute Gasteiger partial charge is 0.129 e. The highest BCUT2D eigenvalue weighted by atomic mass is 19.1. The van der Waals surface area contributed by atoms with Gasteiger partial charge in [0.1, 0.15) is 17.5 Å². The summed E-state index contributed by atoms with van der Waals surface area (Å²) in [4.78, 5) is 0. The highest BCUT2D eigenvalue weighted by molar-refractivity contribution is 5.77. The van der Waals surface area contributed by atoms with Crippen molar-refractivity contribution in [2.75, 3.05) is 5.73 Å². The second-order valence-electron chi connectivity index (χ2n) is 6.16. The molecule has 1 heterocycles. The van der Waals surface area contributed by atoms with Crippen molar-refractivity contribution >= 4 is 5.82 Å². The maximum Gasteiger partial charge on any atom is 0.129 e. The van der Waals surface area contributed by atoms with Crippen LogP contribution in [0.15, 0.2) is 18.2 Å². The van der Waals surface area contributed by atoms with E-state index < -0.39 is 11.6 Å². The first-order chi connectivity index (χ1) is 9.90. The van der Waals surface area contributed by atoms with Gasteiger partial charge in [0.2, 0.25) is 0 Å². The Labute approximate surface area is 122 Å². The van der Waals surface area contributed by atoms with Gasteiger partial charge in [0.05, 0.1) is 5.69 Å². The Morgan fingerprint density at radius 3 is 2.29 bits per heavy atom. The lowest BCUT2D eigenvalue weighted by atomic mass is 9.81. The Hall–Kier alpha value is -1.91. The monoisotopic (exact) mass is 291 g/mol. The summed E-state index contributed by atoms with van der Waals surface area (Å²) in [6.07, 6.45) is 4.33. The van der Waals surface area contributed by atoms with Crippen LogP contribution in [0.5, 0.6) is 0 Å². The maximum absolute atomic E-state index is 13.5.